The zero-order valence-corrected chi connectivity index (χ0v) is 16.8. The van der Waals surface area contributed by atoms with Gasteiger partial charge in [-0.25, -0.2) is 17.9 Å². The Morgan fingerprint density at radius 3 is 2.80 bits per heavy atom. The van der Waals surface area contributed by atoms with Crippen molar-refractivity contribution in [3.63, 3.8) is 0 Å². The molecule has 30 heavy (non-hydrogen) atoms. The molecule has 3 N–H and O–H groups in total. The highest BCUT2D eigenvalue weighted by atomic mass is 32.2. The minimum Gasteiger partial charge on any atom is -0.378 e. The van der Waals surface area contributed by atoms with Crippen molar-refractivity contribution in [3.8, 4) is 0 Å². The number of ether oxygens (including phenoxy) is 1. The number of carbonyl (C=O) groups excluding carboxylic acids is 2. The van der Waals surface area contributed by atoms with Crippen LogP contribution in [0.1, 0.15) is 44.6 Å². The number of rotatable bonds is 5. The molecule has 3 heterocycles. The van der Waals surface area contributed by atoms with Gasteiger partial charge in [0, 0.05) is 13.3 Å². The Bertz CT molecular complexity index is 1270. The van der Waals surface area contributed by atoms with E-state index in [4.69, 9.17) is 10.5 Å². The van der Waals surface area contributed by atoms with E-state index in [9.17, 15) is 18.0 Å². The van der Waals surface area contributed by atoms with E-state index in [1.165, 1.54) is 30.0 Å². The van der Waals surface area contributed by atoms with Crippen LogP contribution in [0.5, 0.6) is 0 Å². The number of primary amides is 1. The van der Waals surface area contributed by atoms with E-state index in [1.807, 2.05) is 0 Å². The van der Waals surface area contributed by atoms with Crippen molar-refractivity contribution in [1.82, 2.24) is 19.9 Å². The number of amides is 2. The van der Waals surface area contributed by atoms with Gasteiger partial charge in [0.1, 0.15) is 17.0 Å². The van der Waals surface area contributed by atoms with Crippen LogP contribution in [0.2, 0.25) is 0 Å². The average molecular weight is 429 g/mol. The summed E-state index contributed by atoms with van der Waals surface area (Å²) in [6, 6.07) is 7.59. The van der Waals surface area contributed by atoms with Gasteiger partial charge in [-0.15, -0.1) is 0 Å². The number of benzene rings is 1. The quantitative estimate of drug-likeness (QED) is 0.604. The van der Waals surface area contributed by atoms with Crippen molar-refractivity contribution >= 4 is 27.3 Å². The van der Waals surface area contributed by atoms with E-state index >= 15 is 0 Å². The van der Waals surface area contributed by atoms with Crippen molar-refractivity contribution in [2.24, 2.45) is 5.73 Å². The molecule has 1 aliphatic heterocycles. The van der Waals surface area contributed by atoms with E-state index in [0.29, 0.717) is 5.56 Å². The minimum atomic E-state index is -3.37. The maximum atomic E-state index is 13.0. The monoisotopic (exact) mass is 429 g/mol. The van der Waals surface area contributed by atoms with Gasteiger partial charge in [0.2, 0.25) is 0 Å². The molecule has 1 atom stereocenters. The highest BCUT2D eigenvalue weighted by Crippen LogP contribution is 2.32. The summed E-state index contributed by atoms with van der Waals surface area (Å²) in [5, 5.41) is 7.15. The molecule has 11 heteroatoms. The smallest absolute Gasteiger partial charge is 0.270 e. The van der Waals surface area contributed by atoms with Gasteiger partial charge in [0.15, 0.2) is 15.5 Å². The van der Waals surface area contributed by atoms with Gasteiger partial charge in [-0.1, -0.05) is 18.2 Å². The van der Waals surface area contributed by atoms with E-state index < -0.39 is 27.7 Å². The average Bonchev–Trinajstić information content (AvgIpc) is 3.09. The van der Waals surface area contributed by atoms with Crippen LogP contribution in [0.15, 0.2) is 41.4 Å². The SMILES string of the molecule is COCc1nn2c(C(=O)NC3CCS(=O)(=O)c4ccccc43)ccnc2c1C(N)=O. The number of nitrogens with one attached hydrogen (secondary N) is 1. The molecule has 0 spiro atoms. The summed E-state index contributed by atoms with van der Waals surface area (Å²) < 4.78 is 31.0. The molecular formula is C19H19N5O5S. The number of sulfone groups is 1. The molecule has 1 aliphatic rings. The Morgan fingerprint density at radius 1 is 1.30 bits per heavy atom. The predicted molar refractivity (Wildman–Crippen MR) is 106 cm³/mol. The minimum absolute atomic E-state index is 0.0244. The van der Waals surface area contributed by atoms with Gasteiger partial charge >= 0.3 is 0 Å². The first-order valence-corrected chi connectivity index (χ1v) is 10.8. The molecule has 2 amide bonds. The van der Waals surface area contributed by atoms with Crippen LogP contribution in [0.4, 0.5) is 0 Å². The summed E-state index contributed by atoms with van der Waals surface area (Å²) in [6.45, 7) is 0.0244. The van der Waals surface area contributed by atoms with Gasteiger partial charge in [-0.2, -0.15) is 5.10 Å². The normalized spacial score (nSPS) is 17.4. The number of methoxy groups -OCH3 is 1. The van der Waals surface area contributed by atoms with Crippen molar-refractivity contribution in [1.29, 1.82) is 0 Å². The second-order valence-corrected chi connectivity index (χ2v) is 8.93. The summed E-state index contributed by atoms with van der Waals surface area (Å²) in [6.07, 6.45) is 1.63. The fourth-order valence-corrected chi connectivity index (χ4v) is 5.24. The van der Waals surface area contributed by atoms with E-state index in [0.717, 1.165) is 0 Å². The van der Waals surface area contributed by atoms with Crippen LogP contribution in [0.25, 0.3) is 5.65 Å². The molecule has 0 aliphatic carbocycles. The van der Waals surface area contributed by atoms with E-state index in [-0.39, 0.29) is 46.3 Å². The lowest BCUT2D eigenvalue weighted by atomic mass is 10.0. The molecule has 10 nitrogen and oxygen atoms in total. The van der Waals surface area contributed by atoms with Crippen LogP contribution in [0.3, 0.4) is 0 Å². The van der Waals surface area contributed by atoms with Crippen LogP contribution in [0, 0.1) is 0 Å². The van der Waals surface area contributed by atoms with Crippen LogP contribution in [-0.2, 0) is 21.2 Å². The van der Waals surface area contributed by atoms with Crippen molar-refractivity contribution < 1.29 is 22.7 Å². The Labute approximate surface area is 172 Å². The molecule has 0 bridgehead atoms. The lowest BCUT2D eigenvalue weighted by Gasteiger charge is -2.26. The van der Waals surface area contributed by atoms with Gasteiger partial charge in [-0.05, 0) is 24.1 Å². The maximum absolute atomic E-state index is 13.0. The number of nitrogens with two attached hydrogens (primary N) is 1. The lowest BCUT2D eigenvalue weighted by molar-refractivity contribution is 0.0925. The predicted octanol–water partition coefficient (Wildman–Crippen LogP) is 0.623. The third-order valence-corrected chi connectivity index (χ3v) is 6.78. The first-order chi connectivity index (χ1) is 14.3. The Kier molecular flexibility index (Phi) is 5.00. The fraction of sp³-hybridized carbons (Fsp3) is 0.263. The number of hydrogen-bond donors (Lipinski definition) is 2. The van der Waals surface area contributed by atoms with E-state index in [1.54, 1.807) is 18.2 Å². The Balaban J connectivity index is 1.73. The van der Waals surface area contributed by atoms with Crippen LogP contribution in [-0.4, -0.2) is 47.7 Å². The zero-order valence-electron chi connectivity index (χ0n) is 16.0. The molecule has 0 fully saturated rings. The number of nitrogens with zero attached hydrogens (tertiary/aromatic N) is 3. The first kappa shape index (κ1) is 20.0. The standard InChI is InChI=1S/C19H19N5O5S/c1-29-10-13-16(17(20)25)18-21-8-6-14(24(18)23-13)19(26)22-12-7-9-30(27,28)15-5-3-2-4-11(12)15/h2-6,8,12H,7,9-10H2,1H3,(H2,20,25)(H,22,26). The lowest BCUT2D eigenvalue weighted by Crippen LogP contribution is -2.34. The highest BCUT2D eigenvalue weighted by Gasteiger charge is 2.31. The summed E-state index contributed by atoms with van der Waals surface area (Å²) in [5.74, 6) is -1.27. The number of fused-ring (bicyclic) bond motifs is 2. The summed E-state index contributed by atoms with van der Waals surface area (Å²) in [7, 11) is -1.92. The maximum Gasteiger partial charge on any atom is 0.270 e. The molecule has 0 saturated carbocycles. The van der Waals surface area contributed by atoms with Crippen molar-refractivity contribution in [2.45, 2.75) is 24.0 Å². The molecule has 1 unspecified atom stereocenters. The Hall–Kier alpha value is -3.31. The molecular weight excluding hydrogens is 410 g/mol. The molecule has 2 aromatic heterocycles. The largest absolute Gasteiger partial charge is 0.378 e. The third kappa shape index (κ3) is 3.31. The highest BCUT2D eigenvalue weighted by molar-refractivity contribution is 7.91. The molecule has 0 radical (unpaired) electrons. The molecule has 0 saturated heterocycles. The zero-order chi connectivity index (χ0) is 21.5. The molecule has 4 rings (SSSR count). The first-order valence-electron chi connectivity index (χ1n) is 9.11. The Morgan fingerprint density at radius 2 is 2.07 bits per heavy atom. The second kappa shape index (κ2) is 7.50. The molecule has 3 aromatic rings. The number of hydrogen-bond acceptors (Lipinski definition) is 7. The van der Waals surface area contributed by atoms with Crippen LogP contribution >= 0.6 is 0 Å². The topological polar surface area (TPSA) is 146 Å². The molecule has 1 aromatic carbocycles. The number of carbonyl (C=O) groups is 2. The molecule has 156 valence electrons. The van der Waals surface area contributed by atoms with Gasteiger partial charge in [-0.3, -0.25) is 9.59 Å². The van der Waals surface area contributed by atoms with E-state index in [2.05, 4.69) is 15.4 Å². The second-order valence-electron chi connectivity index (χ2n) is 6.86. The van der Waals surface area contributed by atoms with Gasteiger partial charge < -0.3 is 15.8 Å². The summed E-state index contributed by atoms with van der Waals surface area (Å²) in [4.78, 5) is 29.3. The number of aromatic nitrogens is 3. The summed E-state index contributed by atoms with van der Waals surface area (Å²) >= 11 is 0. The summed E-state index contributed by atoms with van der Waals surface area (Å²) in [5.41, 5.74) is 6.64. The van der Waals surface area contributed by atoms with Gasteiger partial charge in [0.25, 0.3) is 11.8 Å². The third-order valence-electron chi connectivity index (χ3n) is 4.96. The van der Waals surface area contributed by atoms with Crippen LogP contribution < -0.4 is 11.1 Å². The fourth-order valence-electron chi connectivity index (χ4n) is 3.62. The van der Waals surface area contributed by atoms with Gasteiger partial charge in [0.05, 0.1) is 23.3 Å². The van der Waals surface area contributed by atoms with Crippen molar-refractivity contribution in [3.05, 3.63) is 59.0 Å². The van der Waals surface area contributed by atoms with Crippen molar-refractivity contribution in [2.75, 3.05) is 12.9 Å².